The van der Waals surface area contributed by atoms with Gasteiger partial charge in [0.1, 0.15) is 17.4 Å². The van der Waals surface area contributed by atoms with E-state index < -0.39 is 12.1 Å². The van der Waals surface area contributed by atoms with Crippen molar-refractivity contribution >= 4 is 5.97 Å². The van der Waals surface area contributed by atoms with Crippen molar-refractivity contribution in [2.75, 3.05) is 0 Å². The molecule has 1 heterocycles. The minimum atomic E-state index is -1.35. The zero-order valence-corrected chi connectivity index (χ0v) is 6.78. The van der Waals surface area contributed by atoms with Gasteiger partial charge < -0.3 is 5.11 Å². The zero-order chi connectivity index (χ0) is 9.30. The Bertz CT molecular complexity index is 306. The number of alkyl halides is 1. The Labute approximate surface area is 68.6 Å². The van der Waals surface area contributed by atoms with Gasteiger partial charge in [0, 0.05) is 13.2 Å². The van der Waals surface area contributed by atoms with Gasteiger partial charge in [-0.05, 0) is 6.92 Å². The standard InChI is InChI=1S/C7H9FN2O2/c1-4(8)6-5(7(11)12)3-10(2)9-6/h3-4H,1-2H3,(H,11,12). The molecule has 12 heavy (non-hydrogen) atoms. The van der Waals surface area contributed by atoms with Gasteiger partial charge >= 0.3 is 5.97 Å². The van der Waals surface area contributed by atoms with E-state index in [-0.39, 0.29) is 11.3 Å². The summed E-state index contributed by atoms with van der Waals surface area (Å²) in [6.07, 6.45) is -0.0643. The highest BCUT2D eigenvalue weighted by Crippen LogP contribution is 2.18. The Hall–Kier alpha value is -1.39. The molecule has 0 radical (unpaired) electrons. The lowest BCUT2D eigenvalue weighted by Crippen LogP contribution is -2.00. The quantitative estimate of drug-likeness (QED) is 0.727. The number of aromatic nitrogens is 2. The normalized spacial score (nSPS) is 12.9. The van der Waals surface area contributed by atoms with Crippen LogP contribution < -0.4 is 0 Å². The van der Waals surface area contributed by atoms with Gasteiger partial charge in [-0.1, -0.05) is 0 Å². The molecule has 1 rings (SSSR count). The average molecular weight is 172 g/mol. The lowest BCUT2D eigenvalue weighted by atomic mass is 10.2. The molecule has 1 N–H and O–H groups in total. The summed E-state index contributed by atoms with van der Waals surface area (Å²) in [4.78, 5) is 10.5. The van der Waals surface area contributed by atoms with Crippen molar-refractivity contribution in [1.29, 1.82) is 0 Å². The minimum Gasteiger partial charge on any atom is -0.478 e. The van der Waals surface area contributed by atoms with E-state index in [9.17, 15) is 9.18 Å². The first-order valence-corrected chi connectivity index (χ1v) is 3.43. The fraction of sp³-hybridized carbons (Fsp3) is 0.429. The van der Waals surface area contributed by atoms with Crippen molar-refractivity contribution in [2.45, 2.75) is 13.1 Å². The first kappa shape index (κ1) is 8.70. The van der Waals surface area contributed by atoms with E-state index in [2.05, 4.69) is 5.10 Å². The zero-order valence-electron chi connectivity index (χ0n) is 6.78. The van der Waals surface area contributed by atoms with Crippen LogP contribution in [0.15, 0.2) is 6.20 Å². The predicted octanol–water partition coefficient (Wildman–Crippen LogP) is 1.15. The van der Waals surface area contributed by atoms with E-state index in [1.165, 1.54) is 17.8 Å². The molecule has 1 unspecified atom stereocenters. The van der Waals surface area contributed by atoms with Crippen LogP contribution in [0.4, 0.5) is 4.39 Å². The van der Waals surface area contributed by atoms with E-state index in [0.29, 0.717) is 0 Å². The first-order valence-electron chi connectivity index (χ1n) is 3.43. The molecule has 0 spiro atoms. The number of aromatic carboxylic acids is 1. The maximum Gasteiger partial charge on any atom is 0.339 e. The molecular weight excluding hydrogens is 163 g/mol. The Morgan fingerprint density at radius 3 is 2.75 bits per heavy atom. The molecule has 4 nitrogen and oxygen atoms in total. The Morgan fingerprint density at radius 1 is 1.83 bits per heavy atom. The molecule has 5 heteroatoms. The summed E-state index contributed by atoms with van der Waals surface area (Å²) < 4.78 is 14.0. The van der Waals surface area contributed by atoms with Crippen LogP contribution in [0.3, 0.4) is 0 Å². The van der Waals surface area contributed by atoms with Gasteiger partial charge in [-0.2, -0.15) is 5.10 Å². The Balaban J connectivity index is 3.17. The number of hydrogen-bond donors (Lipinski definition) is 1. The molecule has 0 fully saturated rings. The topological polar surface area (TPSA) is 55.1 Å². The average Bonchev–Trinajstić information content (AvgIpc) is 2.31. The molecule has 0 saturated heterocycles. The van der Waals surface area contributed by atoms with Crippen molar-refractivity contribution in [3.05, 3.63) is 17.5 Å². The number of carboxylic acid groups (broad SMARTS) is 1. The van der Waals surface area contributed by atoms with Crippen molar-refractivity contribution in [1.82, 2.24) is 9.78 Å². The second kappa shape index (κ2) is 2.92. The van der Waals surface area contributed by atoms with Gasteiger partial charge in [0.15, 0.2) is 0 Å². The lowest BCUT2D eigenvalue weighted by Gasteiger charge is -1.96. The van der Waals surface area contributed by atoms with Crippen LogP contribution in [-0.2, 0) is 7.05 Å². The van der Waals surface area contributed by atoms with Crippen molar-refractivity contribution < 1.29 is 14.3 Å². The summed E-state index contributed by atoms with van der Waals surface area (Å²) in [5, 5.41) is 12.3. The lowest BCUT2D eigenvalue weighted by molar-refractivity contribution is 0.0693. The molecule has 1 atom stereocenters. The van der Waals surface area contributed by atoms with Crippen LogP contribution in [0, 0.1) is 0 Å². The number of rotatable bonds is 2. The van der Waals surface area contributed by atoms with E-state index >= 15 is 0 Å². The summed E-state index contributed by atoms with van der Waals surface area (Å²) in [7, 11) is 1.55. The molecule has 1 aromatic heterocycles. The fourth-order valence-electron chi connectivity index (χ4n) is 0.964. The van der Waals surface area contributed by atoms with Gasteiger partial charge in [0.25, 0.3) is 0 Å². The molecule has 1 aromatic rings. The third kappa shape index (κ3) is 1.44. The molecular formula is C7H9FN2O2. The third-order valence-electron chi connectivity index (χ3n) is 1.46. The van der Waals surface area contributed by atoms with Gasteiger partial charge in [-0.3, -0.25) is 4.68 Å². The smallest absolute Gasteiger partial charge is 0.339 e. The summed E-state index contributed by atoms with van der Waals surface area (Å²) in [5.41, 5.74) is -0.0995. The number of nitrogens with zero attached hydrogens (tertiary/aromatic N) is 2. The fourth-order valence-corrected chi connectivity index (χ4v) is 0.964. The summed E-state index contributed by atoms with van der Waals surface area (Å²) in [5.74, 6) is -1.15. The number of hydrogen-bond acceptors (Lipinski definition) is 2. The van der Waals surface area contributed by atoms with E-state index in [1.54, 1.807) is 7.05 Å². The van der Waals surface area contributed by atoms with Crippen LogP contribution in [0.1, 0.15) is 29.1 Å². The summed E-state index contributed by atoms with van der Waals surface area (Å²) >= 11 is 0. The van der Waals surface area contributed by atoms with E-state index in [0.717, 1.165) is 0 Å². The maximum atomic E-state index is 12.7. The molecule has 0 bridgehead atoms. The Kier molecular flexibility index (Phi) is 2.12. The van der Waals surface area contributed by atoms with Crippen molar-refractivity contribution in [3.63, 3.8) is 0 Å². The monoisotopic (exact) mass is 172 g/mol. The van der Waals surface area contributed by atoms with Crippen molar-refractivity contribution in [3.8, 4) is 0 Å². The molecule has 66 valence electrons. The summed E-state index contributed by atoms with van der Waals surface area (Å²) in [6, 6.07) is 0. The first-order chi connectivity index (χ1) is 5.52. The molecule has 0 amide bonds. The number of carboxylic acids is 1. The second-order valence-corrected chi connectivity index (χ2v) is 2.52. The highest BCUT2D eigenvalue weighted by Gasteiger charge is 2.18. The number of halogens is 1. The Morgan fingerprint density at radius 2 is 2.42 bits per heavy atom. The largest absolute Gasteiger partial charge is 0.478 e. The SMILES string of the molecule is CC(F)c1nn(C)cc1C(=O)O. The van der Waals surface area contributed by atoms with Gasteiger partial charge in [0.2, 0.25) is 0 Å². The van der Waals surface area contributed by atoms with E-state index in [4.69, 9.17) is 5.11 Å². The highest BCUT2D eigenvalue weighted by molar-refractivity contribution is 5.88. The molecule has 0 saturated carbocycles. The number of carbonyl (C=O) groups is 1. The molecule has 0 aliphatic heterocycles. The number of aryl methyl sites for hydroxylation is 1. The van der Waals surface area contributed by atoms with Gasteiger partial charge in [-0.25, -0.2) is 9.18 Å². The third-order valence-corrected chi connectivity index (χ3v) is 1.46. The van der Waals surface area contributed by atoms with Gasteiger partial charge in [0.05, 0.1) is 0 Å². The van der Waals surface area contributed by atoms with E-state index in [1.807, 2.05) is 0 Å². The van der Waals surface area contributed by atoms with Crippen molar-refractivity contribution in [2.24, 2.45) is 7.05 Å². The minimum absolute atomic E-state index is 0.0231. The maximum absolute atomic E-state index is 12.7. The molecule has 0 aromatic carbocycles. The molecule has 0 aliphatic rings. The summed E-state index contributed by atoms with van der Waals surface area (Å²) in [6.45, 7) is 1.26. The highest BCUT2D eigenvalue weighted by atomic mass is 19.1. The van der Waals surface area contributed by atoms with Crippen LogP contribution in [0.2, 0.25) is 0 Å². The molecule has 0 aliphatic carbocycles. The van der Waals surface area contributed by atoms with Crippen LogP contribution in [-0.4, -0.2) is 20.9 Å². The van der Waals surface area contributed by atoms with Crippen LogP contribution >= 0.6 is 0 Å². The van der Waals surface area contributed by atoms with Gasteiger partial charge in [-0.15, -0.1) is 0 Å². The predicted molar refractivity (Wildman–Crippen MR) is 39.7 cm³/mol. The second-order valence-electron chi connectivity index (χ2n) is 2.52. The van der Waals surface area contributed by atoms with Crippen LogP contribution in [0.25, 0.3) is 0 Å². The van der Waals surface area contributed by atoms with Crippen LogP contribution in [0.5, 0.6) is 0 Å².